The Kier molecular flexibility index (Phi) is 7.09. The van der Waals surface area contributed by atoms with Crippen molar-refractivity contribution in [3.8, 4) is 45.6 Å². The number of nitrogens with zero attached hydrogens (tertiary/aromatic N) is 4. The summed E-state index contributed by atoms with van der Waals surface area (Å²) in [6.45, 7) is 0.369. The summed E-state index contributed by atoms with van der Waals surface area (Å²) in [6.07, 6.45) is 1.58. The summed E-state index contributed by atoms with van der Waals surface area (Å²) in [7, 11) is 1.59. The fourth-order valence-corrected chi connectivity index (χ4v) is 6.55. The van der Waals surface area contributed by atoms with Crippen LogP contribution in [0.2, 0.25) is 0 Å². The van der Waals surface area contributed by atoms with Crippen molar-refractivity contribution >= 4 is 16.6 Å². The van der Waals surface area contributed by atoms with Crippen molar-refractivity contribution in [3.63, 3.8) is 0 Å². The molecule has 1 aliphatic heterocycles. The second kappa shape index (κ2) is 12.1. The standard InChI is InChI=1S/C41H28N4O5/c1-47-33-22-29(20-21-32(33)48-23-25-10-4-2-5-11-25)34-35-37(30-14-8-9-15-31(30)49-41(35)46)50-40-36(34)39-43-38(44-45(39)24-42-40)28-18-16-27(17-19-28)26-12-6-3-7-13-26/h2-22,24,34H,23H2,1H3. The van der Waals surface area contributed by atoms with Gasteiger partial charge in [-0.25, -0.2) is 19.3 Å². The number of fused-ring (bicyclic) bond motifs is 6. The fraction of sp³-hybridized carbons (Fsp3) is 0.0732. The molecule has 4 heterocycles. The number of rotatable bonds is 7. The number of hydrogen-bond acceptors (Lipinski definition) is 8. The van der Waals surface area contributed by atoms with Gasteiger partial charge < -0.3 is 18.6 Å². The largest absolute Gasteiger partial charge is 0.493 e. The lowest BCUT2D eigenvalue weighted by atomic mass is 9.84. The second-order valence-corrected chi connectivity index (χ2v) is 12.0. The minimum Gasteiger partial charge on any atom is -0.493 e. The molecule has 9 heteroatoms. The zero-order chi connectivity index (χ0) is 33.6. The third-order valence-corrected chi connectivity index (χ3v) is 8.97. The summed E-state index contributed by atoms with van der Waals surface area (Å²) in [5.41, 5.74) is 6.15. The van der Waals surface area contributed by atoms with Gasteiger partial charge in [-0.2, -0.15) is 0 Å². The Balaban J connectivity index is 1.19. The number of aromatic nitrogens is 4. The highest BCUT2D eigenvalue weighted by molar-refractivity contribution is 5.87. The summed E-state index contributed by atoms with van der Waals surface area (Å²) < 4.78 is 26.0. The average Bonchev–Trinajstić information content (AvgIpc) is 3.62. The van der Waals surface area contributed by atoms with Crippen LogP contribution in [-0.2, 0) is 6.61 Å². The van der Waals surface area contributed by atoms with Crippen LogP contribution < -0.4 is 19.8 Å². The van der Waals surface area contributed by atoms with Crippen LogP contribution >= 0.6 is 0 Å². The van der Waals surface area contributed by atoms with Crippen molar-refractivity contribution in [2.75, 3.05) is 7.11 Å². The highest BCUT2D eigenvalue weighted by atomic mass is 16.5. The molecule has 9 rings (SSSR count). The van der Waals surface area contributed by atoms with Crippen molar-refractivity contribution in [3.05, 3.63) is 166 Å². The molecule has 0 saturated heterocycles. The Labute approximate surface area is 286 Å². The summed E-state index contributed by atoms with van der Waals surface area (Å²) in [4.78, 5) is 23.6. The Bertz CT molecular complexity index is 2580. The number of para-hydroxylation sites is 1. The average molecular weight is 657 g/mol. The molecule has 0 amide bonds. The van der Waals surface area contributed by atoms with Gasteiger partial charge in [0.05, 0.1) is 29.5 Å². The lowest BCUT2D eigenvalue weighted by molar-refractivity contribution is 0.284. The van der Waals surface area contributed by atoms with Crippen LogP contribution in [0.5, 0.6) is 23.1 Å². The molecule has 8 aromatic rings. The summed E-state index contributed by atoms with van der Waals surface area (Å²) in [5.74, 6) is 1.63. The second-order valence-electron chi connectivity index (χ2n) is 12.0. The molecular formula is C41H28N4O5. The van der Waals surface area contributed by atoms with Crippen molar-refractivity contribution in [2.45, 2.75) is 12.5 Å². The highest BCUT2D eigenvalue weighted by Crippen LogP contribution is 2.50. The van der Waals surface area contributed by atoms with E-state index in [2.05, 4.69) is 24.3 Å². The van der Waals surface area contributed by atoms with Gasteiger partial charge in [-0.3, -0.25) is 0 Å². The van der Waals surface area contributed by atoms with E-state index in [1.165, 1.54) is 0 Å². The van der Waals surface area contributed by atoms with Crippen LogP contribution in [0.3, 0.4) is 0 Å². The van der Waals surface area contributed by atoms with Crippen LogP contribution in [0.25, 0.3) is 39.1 Å². The van der Waals surface area contributed by atoms with Gasteiger partial charge >= 0.3 is 5.63 Å². The van der Waals surface area contributed by atoms with E-state index in [4.69, 9.17) is 33.7 Å². The Morgan fingerprint density at radius 2 is 1.48 bits per heavy atom. The molecule has 5 aromatic carbocycles. The van der Waals surface area contributed by atoms with Gasteiger partial charge in [-0.1, -0.05) is 103 Å². The fourth-order valence-electron chi connectivity index (χ4n) is 6.55. The minimum atomic E-state index is -0.680. The van der Waals surface area contributed by atoms with Crippen LogP contribution in [0.1, 0.15) is 28.2 Å². The van der Waals surface area contributed by atoms with Gasteiger partial charge in [0.2, 0.25) is 5.88 Å². The van der Waals surface area contributed by atoms with Crippen LogP contribution in [0, 0.1) is 0 Å². The third-order valence-electron chi connectivity index (χ3n) is 8.97. The van der Waals surface area contributed by atoms with E-state index >= 15 is 0 Å². The third kappa shape index (κ3) is 5.03. The van der Waals surface area contributed by atoms with Gasteiger partial charge in [-0.15, -0.1) is 5.10 Å². The normalized spacial score (nSPS) is 13.4. The van der Waals surface area contributed by atoms with E-state index in [0.717, 1.165) is 27.8 Å². The van der Waals surface area contributed by atoms with E-state index in [1.807, 2.05) is 97.1 Å². The monoisotopic (exact) mass is 656 g/mol. The number of hydrogen-bond donors (Lipinski definition) is 0. The quantitative estimate of drug-likeness (QED) is 0.158. The molecule has 1 aliphatic rings. The van der Waals surface area contributed by atoms with E-state index in [9.17, 15) is 4.79 Å². The molecule has 1 atom stereocenters. The van der Waals surface area contributed by atoms with E-state index in [-0.39, 0.29) is 0 Å². The summed E-state index contributed by atoms with van der Waals surface area (Å²) in [6, 6.07) is 41.2. The molecule has 242 valence electrons. The molecule has 0 aliphatic carbocycles. The summed E-state index contributed by atoms with van der Waals surface area (Å²) >= 11 is 0. The predicted molar refractivity (Wildman–Crippen MR) is 189 cm³/mol. The molecule has 0 fully saturated rings. The molecule has 0 saturated carbocycles. The molecule has 0 N–H and O–H groups in total. The van der Waals surface area contributed by atoms with Gasteiger partial charge in [-0.05, 0) is 46.5 Å². The maximum atomic E-state index is 13.9. The zero-order valence-electron chi connectivity index (χ0n) is 26.8. The minimum absolute atomic E-state index is 0.326. The maximum absolute atomic E-state index is 13.9. The predicted octanol–water partition coefficient (Wildman–Crippen LogP) is 8.44. The van der Waals surface area contributed by atoms with Crippen molar-refractivity contribution in [1.82, 2.24) is 19.6 Å². The molecule has 50 heavy (non-hydrogen) atoms. The maximum Gasteiger partial charge on any atom is 0.344 e. The van der Waals surface area contributed by atoms with Gasteiger partial charge in [0.1, 0.15) is 18.5 Å². The molecule has 9 nitrogen and oxygen atoms in total. The van der Waals surface area contributed by atoms with Crippen LogP contribution in [0.15, 0.2) is 143 Å². The van der Waals surface area contributed by atoms with E-state index < -0.39 is 11.5 Å². The first-order valence-electron chi connectivity index (χ1n) is 16.1. The molecule has 0 bridgehead atoms. The molecular weight excluding hydrogens is 628 g/mol. The zero-order valence-corrected chi connectivity index (χ0v) is 26.8. The van der Waals surface area contributed by atoms with E-state index in [0.29, 0.717) is 63.3 Å². The molecule has 1 unspecified atom stereocenters. The van der Waals surface area contributed by atoms with Crippen molar-refractivity contribution < 1.29 is 18.6 Å². The van der Waals surface area contributed by atoms with E-state index in [1.54, 1.807) is 24.0 Å². The Morgan fingerprint density at radius 3 is 2.28 bits per heavy atom. The highest BCUT2D eigenvalue weighted by Gasteiger charge is 2.38. The first-order valence-corrected chi connectivity index (χ1v) is 16.1. The first kappa shape index (κ1) is 29.4. The SMILES string of the molecule is COc1cc(C2c3c(c4ccccc4oc3=O)Oc3ncn4nc(-c5ccc(-c6ccccc6)cc5)nc4c32)ccc1OCc1ccccc1. The Hall–Kier alpha value is -6.74. The van der Waals surface area contributed by atoms with Gasteiger partial charge in [0, 0.05) is 5.56 Å². The van der Waals surface area contributed by atoms with Crippen molar-refractivity contribution in [2.24, 2.45) is 0 Å². The summed E-state index contributed by atoms with van der Waals surface area (Å²) in [5, 5.41) is 5.45. The van der Waals surface area contributed by atoms with Crippen LogP contribution in [0.4, 0.5) is 0 Å². The molecule has 0 radical (unpaired) electrons. The van der Waals surface area contributed by atoms with Gasteiger partial charge in [0.25, 0.3) is 0 Å². The smallest absolute Gasteiger partial charge is 0.344 e. The molecule has 0 spiro atoms. The van der Waals surface area contributed by atoms with Crippen molar-refractivity contribution in [1.29, 1.82) is 0 Å². The van der Waals surface area contributed by atoms with Gasteiger partial charge in [0.15, 0.2) is 28.7 Å². The number of methoxy groups -OCH3 is 1. The van der Waals surface area contributed by atoms with Crippen LogP contribution in [-0.4, -0.2) is 26.7 Å². The molecule has 3 aromatic heterocycles. The topological polar surface area (TPSA) is 101 Å². The number of ether oxygens (including phenoxy) is 3. The lowest BCUT2D eigenvalue weighted by Gasteiger charge is -2.27. The Morgan fingerprint density at radius 1 is 0.760 bits per heavy atom. The lowest BCUT2D eigenvalue weighted by Crippen LogP contribution is -2.22. The first-order chi connectivity index (χ1) is 24.6. The number of benzene rings is 5.